The fourth-order valence-electron chi connectivity index (χ4n) is 10.7. The monoisotopic (exact) mass is 907 g/mol. The van der Waals surface area contributed by atoms with E-state index in [9.17, 15) is 24.0 Å². The molecule has 0 spiro atoms. The van der Waals surface area contributed by atoms with Crippen molar-refractivity contribution in [2.45, 2.75) is 69.4 Å². The van der Waals surface area contributed by atoms with Gasteiger partial charge in [-0.05, 0) is 74.4 Å². The van der Waals surface area contributed by atoms with Crippen LogP contribution in [-0.2, 0) is 4.79 Å². The number of carbonyl (C=O) groups is 5. The standard InChI is InChI=1S/C46H55F2N13O5/c1-54(2)43(65)36-23-30-25-50-44(53-40(30)60(36)31-5-3-4-6-31)51-38-10-8-33(26-49-38)56-15-11-29(12-16-56)27-55-19-21-57(22-20-55)37-13-17-58(28-46(37,47)48)32-7-9-34-35(24-32)42(64)61(41(34)63)59-18-14-39(62)52-45(59)66/h7-10,23-26,29,31,37H,3-6,11-22,27-28H2,1-2H3,(H,52,62,66)(H,49,50,51,53). The summed E-state index contributed by atoms with van der Waals surface area (Å²) in [7, 11) is 3.53. The number of anilines is 4. The molecule has 4 aromatic rings. The molecule has 1 aromatic carbocycles. The molecule has 0 radical (unpaired) electrons. The van der Waals surface area contributed by atoms with E-state index in [2.05, 4.69) is 36.1 Å². The summed E-state index contributed by atoms with van der Waals surface area (Å²) in [6.45, 7) is 5.05. The molecule has 1 aliphatic carbocycles. The Bertz CT molecular complexity index is 2550. The minimum Gasteiger partial charge on any atom is -0.370 e. The van der Waals surface area contributed by atoms with Crippen molar-refractivity contribution >= 4 is 63.8 Å². The van der Waals surface area contributed by atoms with E-state index < -0.39 is 42.3 Å². The number of fused-ring (bicyclic) bond motifs is 2. The number of hydrogen-bond donors (Lipinski definition) is 2. The molecule has 0 bridgehead atoms. The number of pyridine rings is 1. The summed E-state index contributed by atoms with van der Waals surface area (Å²) in [5.41, 5.74) is 2.97. The van der Waals surface area contributed by atoms with E-state index in [1.54, 1.807) is 36.2 Å². The molecule has 1 atom stereocenters. The molecule has 348 valence electrons. The van der Waals surface area contributed by atoms with Crippen LogP contribution in [0, 0.1) is 5.92 Å². The number of carbonyl (C=O) groups excluding carboxylic acids is 5. The molecule has 6 aliphatic rings. The molecule has 1 unspecified atom stereocenters. The smallest absolute Gasteiger partial charge is 0.343 e. The van der Waals surface area contributed by atoms with Gasteiger partial charge < -0.3 is 29.5 Å². The lowest BCUT2D eigenvalue weighted by atomic mass is 9.95. The van der Waals surface area contributed by atoms with Crippen molar-refractivity contribution < 1.29 is 32.8 Å². The lowest BCUT2D eigenvalue weighted by Crippen LogP contribution is -2.62. The van der Waals surface area contributed by atoms with Gasteiger partial charge in [-0.1, -0.05) is 12.8 Å². The molecular weight excluding hydrogens is 853 g/mol. The predicted molar refractivity (Wildman–Crippen MR) is 241 cm³/mol. The summed E-state index contributed by atoms with van der Waals surface area (Å²) >= 11 is 0. The van der Waals surface area contributed by atoms with Crippen LogP contribution in [0.4, 0.5) is 36.7 Å². The number of halogens is 2. The molecule has 5 aliphatic heterocycles. The van der Waals surface area contributed by atoms with Gasteiger partial charge in [0, 0.05) is 96.2 Å². The fourth-order valence-corrected chi connectivity index (χ4v) is 10.7. The average Bonchev–Trinajstić information content (AvgIpc) is 4.03. The first-order chi connectivity index (χ1) is 31.8. The van der Waals surface area contributed by atoms with Crippen LogP contribution >= 0.6 is 0 Å². The Balaban J connectivity index is 0.688. The minimum absolute atomic E-state index is 0.0380. The van der Waals surface area contributed by atoms with Crippen LogP contribution in [0.3, 0.4) is 0 Å². The van der Waals surface area contributed by atoms with Crippen molar-refractivity contribution in [3.05, 3.63) is 65.6 Å². The second kappa shape index (κ2) is 17.5. The molecular formula is C46H55F2N13O5. The maximum absolute atomic E-state index is 16.0. The van der Waals surface area contributed by atoms with Crippen molar-refractivity contribution in [2.24, 2.45) is 5.92 Å². The van der Waals surface area contributed by atoms with E-state index in [0.717, 1.165) is 98.0 Å². The van der Waals surface area contributed by atoms with Gasteiger partial charge in [0.15, 0.2) is 0 Å². The number of nitrogens with one attached hydrogen (secondary N) is 2. The van der Waals surface area contributed by atoms with Crippen LogP contribution in [0.15, 0.2) is 48.8 Å². The number of aromatic nitrogens is 4. The lowest BCUT2D eigenvalue weighted by Gasteiger charge is -2.47. The highest BCUT2D eigenvalue weighted by Gasteiger charge is 2.49. The quantitative estimate of drug-likeness (QED) is 0.212. The van der Waals surface area contributed by atoms with Crippen LogP contribution in [0.5, 0.6) is 0 Å². The summed E-state index contributed by atoms with van der Waals surface area (Å²) in [6.07, 6.45) is 10.2. The molecule has 5 fully saturated rings. The third-order valence-electron chi connectivity index (χ3n) is 14.3. The maximum atomic E-state index is 16.0. The average molecular weight is 908 g/mol. The van der Waals surface area contributed by atoms with Gasteiger partial charge in [-0.15, -0.1) is 0 Å². The van der Waals surface area contributed by atoms with E-state index in [1.807, 2.05) is 23.2 Å². The summed E-state index contributed by atoms with van der Waals surface area (Å²) in [4.78, 5) is 87.5. The zero-order chi connectivity index (χ0) is 45.9. The highest BCUT2D eigenvalue weighted by atomic mass is 19.3. The Hall–Kier alpha value is -6.28. The summed E-state index contributed by atoms with van der Waals surface area (Å²) in [5.74, 6) is -3.41. The number of hydrazine groups is 1. The van der Waals surface area contributed by atoms with E-state index in [4.69, 9.17) is 9.97 Å². The van der Waals surface area contributed by atoms with Crippen molar-refractivity contribution in [3.8, 4) is 0 Å². The third-order valence-corrected chi connectivity index (χ3v) is 14.3. The Morgan fingerprint density at radius 1 is 0.818 bits per heavy atom. The highest BCUT2D eigenvalue weighted by Crippen LogP contribution is 2.38. The molecule has 1 saturated carbocycles. The van der Waals surface area contributed by atoms with Crippen molar-refractivity contribution in [1.29, 1.82) is 0 Å². The van der Waals surface area contributed by atoms with Crippen LogP contribution < -0.4 is 20.4 Å². The molecule has 2 N–H and O–H groups in total. The van der Waals surface area contributed by atoms with Crippen LogP contribution in [0.2, 0.25) is 0 Å². The van der Waals surface area contributed by atoms with Crippen LogP contribution in [0.1, 0.15) is 88.6 Å². The number of piperidine rings is 2. The van der Waals surface area contributed by atoms with Gasteiger partial charge in [-0.25, -0.2) is 28.6 Å². The number of benzene rings is 1. The van der Waals surface area contributed by atoms with E-state index >= 15 is 8.78 Å². The van der Waals surface area contributed by atoms with Crippen LogP contribution in [0.25, 0.3) is 11.0 Å². The first-order valence-corrected chi connectivity index (χ1v) is 23.1. The van der Waals surface area contributed by atoms with Crippen molar-refractivity contribution in [3.63, 3.8) is 0 Å². The molecule has 4 saturated heterocycles. The summed E-state index contributed by atoms with van der Waals surface area (Å²) in [5, 5.41) is 7.85. The summed E-state index contributed by atoms with van der Waals surface area (Å²) in [6, 6.07) is 8.83. The molecule has 3 aromatic heterocycles. The van der Waals surface area contributed by atoms with Gasteiger partial charge in [-0.2, -0.15) is 9.99 Å². The zero-order valence-corrected chi connectivity index (χ0v) is 37.3. The first kappa shape index (κ1) is 43.6. The van der Waals surface area contributed by atoms with Gasteiger partial charge >= 0.3 is 6.03 Å². The zero-order valence-electron chi connectivity index (χ0n) is 37.3. The number of alkyl halides is 2. The largest absolute Gasteiger partial charge is 0.370 e. The number of piperazine rings is 1. The Morgan fingerprint density at radius 2 is 1.55 bits per heavy atom. The lowest BCUT2D eigenvalue weighted by molar-refractivity contribution is -0.122. The molecule has 18 nitrogen and oxygen atoms in total. The summed E-state index contributed by atoms with van der Waals surface area (Å²) < 4.78 is 34.0. The van der Waals surface area contributed by atoms with Gasteiger partial charge in [0.25, 0.3) is 23.6 Å². The van der Waals surface area contributed by atoms with E-state index in [0.29, 0.717) is 48.7 Å². The SMILES string of the molecule is CN(C)C(=O)c1cc2cnc(Nc3ccc(N4CCC(CN5CCN(C6CCN(c7ccc8c(c7)C(=O)N(N7CCC(=O)NC7=O)C8=O)CC6(F)F)CC5)CC4)cn3)nc2n1C1CCCC1. The number of rotatable bonds is 10. The van der Waals surface area contributed by atoms with Gasteiger partial charge in [0.1, 0.15) is 17.2 Å². The molecule has 66 heavy (non-hydrogen) atoms. The van der Waals surface area contributed by atoms with E-state index in [-0.39, 0.29) is 42.5 Å². The fraction of sp³-hybridized carbons (Fsp3) is 0.522. The molecule has 8 heterocycles. The Morgan fingerprint density at radius 3 is 2.24 bits per heavy atom. The second-order valence-corrected chi connectivity index (χ2v) is 18.7. The number of amides is 6. The first-order valence-electron chi connectivity index (χ1n) is 23.1. The number of hydrogen-bond acceptors (Lipinski definition) is 13. The minimum atomic E-state index is -3.01. The van der Waals surface area contributed by atoms with Crippen LogP contribution in [-0.4, -0.2) is 165 Å². The number of nitrogens with zero attached hydrogens (tertiary/aromatic N) is 11. The Kier molecular flexibility index (Phi) is 11.6. The normalized spacial score (nSPS) is 22.4. The second-order valence-electron chi connectivity index (χ2n) is 18.7. The maximum Gasteiger partial charge on any atom is 0.343 e. The van der Waals surface area contributed by atoms with Gasteiger partial charge in [-0.3, -0.25) is 29.4 Å². The van der Waals surface area contributed by atoms with Crippen molar-refractivity contribution in [2.75, 3.05) is 94.7 Å². The molecule has 20 heteroatoms. The van der Waals surface area contributed by atoms with Gasteiger partial charge in [0.05, 0.1) is 42.1 Å². The van der Waals surface area contributed by atoms with Gasteiger partial charge in [0.2, 0.25) is 11.9 Å². The molecule has 6 amide bonds. The van der Waals surface area contributed by atoms with E-state index in [1.165, 1.54) is 12.1 Å². The number of imide groups is 2. The van der Waals surface area contributed by atoms with Crippen molar-refractivity contribution in [1.82, 2.24) is 49.6 Å². The molecule has 10 rings (SSSR count). The number of urea groups is 1. The third kappa shape index (κ3) is 8.28. The highest BCUT2D eigenvalue weighted by molar-refractivity contribution is 6.22. The Labute approximate surface area is 380 Å². The topological polar surface area (TPSA) is 176 Å². The predicted octanol–water partition coefficient (Wildman–Crippen LogP) is 4.59.